The highest BCUT2D eigenvalue weighted by molar-refractivity contribution is 7.14. The number of hydrogen-bond acceptors (Lipinski definition) is 2. The van der Waals surface area contributed by atoms with Crippen LogP contribution in [-0.4, -0.2) is 38.7 Å². The Morgan fingerprint density at radius 1 is 0.889 bits per heavy atom. The van der Waals surface area contributed by atoms with Crippen LogP contribution in [0, 0.1) is 0 Å². The van der Waals surface area contributed by atoms with Crippen molar-refractivity contribution in [3.8, 4) is 0 Å². The summed E-state index contributed by atoms with van der Waals surface area (Å²) in [6.45, 7) is 1.06. The molecule has 18 heavy (non-hydrogen) atoms. The number of rotatable bonds is 6. The van der Waals surface area contributed by atoms with Crippen LogP contribution in [0.2, 0.25) is 0 Å². The summed E-state index contributed by atoms with van der Waals surface area (Å²) in [7, 11) is -5.55. The van der Waals surface area contributed by atoms with Gasteiger partial charge in [-0.25, -0.2) is 0 Å². The van der Waals surface area contributed by atoms with Gasteiger partial charge in [0.2, 0.25) is 0 Å². The predicted molar refractivity (Wildman–Crippen MR) is 50.8 cm³/mol. The largest absolute Gasteiger partial charge is 0.525 e. The van der Waals surface area contributed by atoms with Crippen molar-refractivity contribution in [2.24, 2.45) is 0 Å². The van der Waals surface area contributed by atoms with Gasteiger partial charge in [0.05, 0.1) is 0 Å². The van der Waals surface area contributed by atoms with Gasteiger partial charge >= 0.3 is 25.5 Å². The van der Waals surface area contributed by atoms with Crippen LogP contribution in [0.4, 0.5) is 30.7 Å². The Labute approximate surface area is 104 Å². The SMILES string of the molecule is CCO[Si](Cl)(OCC)C(F)(F)C(F)(F)C(F)(F)F. The smallest absolute Gasteiger partial charge is 0.380 e. The first kappa shape index (κ1) is 17.9. The summed E-state index contributed by atoms with van der Waals surface area (Å²) in [5.74, 6) is -6.34. The summed E-state index contributed by atoms with van der Waals surface area (Å²) >= 11 is 5.09. The summed E-state index contributed by atoms with van der Waals surface area (Å²) in [6, 6.07) is 0. The molecule has 0 rings (SSSR count). The van der Waals surface area contributed by atoms with Gasteiger partial charge in [0.15, 0.2) is 0 Å². The zero-order valence-electron chi connectivity index (χ0n) is 9.25. The Bertz CT molecular complexity index is 277. The molecule has 0 saturated carbocycles. The van der Waals surface area contributed by atoms with Gasteiger partial charge in [0, 0.05) is 13.2 Å². The Balaban J connectivity index is 5.56. The monoisotopic (exact) mass is 322 g/mol. The van der Waals surface area contributed by atoms with Gasteiger partial charge in [-0.1, -0.05) is 11.1 Å². The molecule has 0 aliphatic rings. The lowest BCUT2D eigenvalue weighted by Gasteiger charge is -2.35. The van der Waals surface area contributed by atoms with E-state index >= 15 is 0 Å². The van der Waals surface area contributed by atoms with E-state index in [9.17, 15) is 30.7 Å². The highest BCUT2D eigenvalue weighted by Gasteiger charge is 2.83. The molecule has 0 fully saturated rings. The van der Waals surface area contributed by atoms with Gasteiger partial charge in [-0.05, 0) is 13.8 Å². The fraction of sp³-hybridized carbons (Fsp3) is 1.00. The van der Waals surface area contributed by atoms with Crippen LogP contribution in [0.15, 0.2) is 0 Å². The van der Waals surface area contributed by atoms with E-state index in [1.54, 1.807) is 0 Å². The molecule has 0 bridgehead atoms. The van der Waals surface area contributed by atoms with Gasteiger partial charge in [-0.3, -0.25) is 0 Å². The molecule has 11 heteroatoms. The van der Waals surface area contributed by atoms with Gasteiger partial charge < -0.3 is 8.85 Å². The van der Waals surface area contributed by atoms with E-state index in [1.165, 1.54) is 0 Å². The predicted octanol–water partition coefficient (Wildman–Crippen LogP) is 3.61. The molecular formula is C7H10ClF7O2Si. The van der Waals surface area contributed by atoms with Crippen LogP contribution in [-0.2, 0) is 8.85 Å². The molecule has 0 aromatic heterocycles. The Hall–Kier alpha value is -0.0631. The van der Waals surface area contributed by atoms with E-state index in [4.69, 9.17) is 11.1 Å². The normalized spacial score (nSPS) is 15.0. The maximum Gasteiger partial charge on any atom is 0.525 e. The van der Waals surface area contributed by atoms with Crippen LogP contribution in [0.5, 0.6) is 0 Å². The van der Waals surface area contributed by atoms with Crippen molar-refractivity contribution in [3.05, 3.63) is 0 Å². The first-order valence-electron chi connectivity index (χ1n) is 4.66. The second kappa shape index (κ2) is 5.51. The molecule has 0 spiro atoms. The average molecular weight is 323 g/mol. The third kappa shape index (κ3) is 2.91. The average Bonchev–Trinajstić information content (AvgIpc) is 2.16. The molecule has 0 heterocycles. The molecular weight excluding hydrogens is 313 g/mol. The summed E-state index contributed by atoms with van der Waals surface area (Å²) in [5, 5.41) is 0. The molecule has 0 atom stereocenters. The van der Waals surface area contributed by atoms with Crippen LogP contribution in [0.3, 0.4) is 0 Å². The molecule has 0 aliphatic heterocycles. The first-order valence-corrected chi connectivity index (χ1v) is 7.49. The number of alkyl halides is 7. The fourth-order valence-electron chi connectivity index (χ4n) is 0.960. The Kier molecular flexibility index (Phi) is 5.49. The molecule has 0 saturated heterocycles. The zero-order chi connectivity index (χ0) is 14.8. The van der Waals surface area contributed by atoms with Crippen molar-refractivity contribution in [1.29, 1.82) is 0 Å². The molecule has 0 radical (unpaired) electrons. The van der Waals surface area contributed by atoms with Crippen LogP contribution >= 0.6 is 11.1 Å². The third-order valence-corrected chi connectivity index (χ3v) is 5.54. The van der Waals surface area contributed by atoms with Crippen molar-refractivity contribution >= 4 is 18.9 Å². The minimum atomic E-state index is -6.46. The van der Waals surface area contributed by atoms with Gasteiger partial charge in [0.1, 0.15) is 0 Å². The standard InChI is InChI=1S/C7H10ClF7O2Si/c1-3-16-18(8,17-4-2)7(14,15)5(9,10)6(11,12)13/h3-4H2,1-2H3. The fourth-order valence-corrected chi connectivity index (χ4v) is 3.68. The molecule has 0 aromatic rings. The topological polar surface area (TPSA) is 18.5 Å². The molecule has 2 nitrogen and oxygen atoms in total. The van der Waals surface area contributed by atoms with Crippen molar-refractivity contribution in [2.75, 3.05) is 13.2 Å². The molecule has 0 unspecified atom stereocenters. The lowest BCUT2D eigenvalue weighted by Crippen LogP contribution is -2.67. The van der Waals surface area contributed by atoms with Crippen LogP contribution in [0.25, 0.3) is 0 Å². The second-order valence-electron chi connectivity index (χ2n) is 3.05. The van der Waals surface area contributed by atoms with Crippen molar-refractivity contribution in [2.45, 2.75) is 31.5 Å². The minimum absolute atomic E-state index is 0.584. The van der Waals surface area contributed by atoms with Crippen LogP contribution in [0.1, 0.15) is 13.8 Å². The molecule has 0 N–H and O–H groups in total. The highest BCUT2D eigenvalue weighted by Crippen LogP contribution is 2.51. The Morgan fingerprint density at radius 3 is 1.44 bits per heavy atom. The Morgan fingerprint density at radius 2 is 1.22 bits per heavy atom. The lowest BCUT2D eigenvalue weighted by molar-refractivity contribution is -0.339. The van der Waals surface area contributed by atoms with Gasteiger partial charge in [0.25, 0.3) is 0 Å². The number of halogens is 8. The van der Waals surface area contributed by atoms with E-state index in [0.29, 0.717) is 0 Å². The maximum atomic E-state index is 13.3. The zero-order valence-corrected chi connectivity index (χ0v) is 11.0. The first-order chi connectivity index (χ1) is 7.87. The maximum absolute atomic E-state index is 13.3. The van der Waals surface area contributed by atoms with Crippen molar-refractivity contribution in [3.63, 3.8) is 0 Å². The molecule has 0 aromatic carbocycles. The second-order valence-corrected chi connectivity index (χ2v) is 6.82. The van der Waals surface area contributed by atoms with Gasteiger partial charge in [-0.15, -0.1) is 0 Å². The number of hydrogen-bond donors (Lipinski definition) is 0. The van der Waals surface area contributed by atoms with E-state index < -0.39 is 38.7 Å². The van der Waals surface area contributed by atoms with E-state index in [2.05, 4.69) is 8.85 Å². The summed E-state index contributed by atoms with van der Waals surface area (Å²) in [5.41, 5.74) is -5.66. The quantitative estimate of drug-likeness (QED) is 0.422. The summed E-state index contributed by atoms with van der Waals surface area (Å²) in [6.07, 6.45) is -6.46. The highest BCUT2D eigenvalue weighted by atomic mass is 35.6. The van der Waals surface area contributed by atoms with Crippen molar-refractivity contribution < 1.29 is 39.6 Å². The summed E-state index contributed by atoms with van der Waals surface area (Å²) < 4.78 is 96.4. The molecule has 110 valence electrons. The van der Waals surface area contributed by atoms with Gasteiger partial charge in [-0.2, -0.15) is 30.7 Å². The molecule has 0 amide bonds. The minimum Gasteiger partial charge on any atom is -0.380 e. The lowest BCUT2D eigenvalue weighted by atomic mass is 10.3. The van der Waals surface area contributed by atoms with E-state index in [0.717, 1.165) is 13.8 Å². The third-order valence-electron chi connectivity index (χ3n) is 1.79. The van der Waals surface area contributed by atoms with Crippen LogP contribution < -0.4 is 0 Å². The van der Waals surface area contributed by atoms with E-state index in [-0.39, 0.29) is 0 Å². The molecule has 0 aliphatic carbocycles. The van der Waals surface area contributed by atoms with E-state index in [1.807, 2.05) is 0 Å². The van der Waals surface area contributed by atoms with Crippen molar-refractivity contribution in [1.82, 2.24) is 0 Å². The summed E-state index contributed by atoms with van der Waals surface area (Å²) in [4.78, 5) is 0.